The molecule has 0 fully saturated rings. The van der Waals surface area contributed by atoms with Gasteiger partial charge in [-0.15, -0.1) is 0 Å². The van der Waals surface area contributed by atoms with Crippen molar-refractivity contribution in [3.63, 3.8) is 0 Å². The summed E-state index contributed by atoms with van der Waals surface area (Å²) in [5.41, 5.74) is 2.80. The third-order valence-electron chi connectivity index (χ3n) is 3.63. The number of rotatable bonds is 5. The van der Waals surface area contributed by atoms with Gasteiger partial charge >= 0.3 is 5.97 Å². The van der Waals surface area contributed by atoms with Crippen molar-refractivity contribution >= 4 is 11.7 Å². The fourth-order valence-electron chi connectivity index (χ4n) is 2.75. The quantitative estimate of drug-likeness (QED) is 0.868. The van der Waals surface area contributed by atoms with Crippen LogP contribution in [0.1, 0.15) is 42.6 Å². The molecule has 1 aliphatic rings. The van der Waals surface area contributed by atoms with E-state index in [-0.39, 0.29) is 0 Å². The van der Waals surface area contributed by atoms with Crippen LogP contribution in [0.15, 0.2) is 18.2 Å². The molecule has 0 saturated heterocycles. The molecule has 0 bridgehead atoms. The number of fused-ring (bicyclic) bond motifs is 1. The van der Waals surface area contributed by atoms with Crippen LogP contribution < -0.4 is 4.90 Å². The van der Waals surface area contributed by atoms with Gasteiger partial charge in [0.15, 0.2) is 0 Å². The summed E-state index contributed by atoms with van der Waals surface area (Å²) >= 11 is 0. The molecule has 1 heterocycles. The van der Waals surface area contributed by atoms with E-state index in [0.717, 1.165) is 19.5 Å². The lowest BCUT2D eigenvalue weighted by Gasteiger charge is -2.23. The van der Waals surface area contributed by atoms with Gasteiger partial charge in [-0.05, 0) is 42.5 Å². The van der Waals surface area contributed by atoms with E-state index >= 15 is 0 Å². The smallest absolute Gasteiger partial charge is 0.335 e. The number of nitrogens with zero attached hydrogens (tertiary/aromatic N) is 1. The molecule has 3 heteroatoms. The topological polar surface area (TPSA) is 40.5 Å². The first-order valence-corrected chi connectivity index (χ1v) is 6.73. The van der Waals surface area contributed by atoms with Crippen molar-refractivity contribution in [3.8, 4) is 0 Å². The molecule has 1 aromatic rings. The van der Waals surface area contributed by atoms with Crippen LogP contribution in [-0.4, -0.2) is 24.2 Å². The van der Waals surface area contributed by atoms with Crippen LogP contribution in [0.5, 0.6) is 0 Å². The van der Waals surface area contributed by atoms with Gasteiger partial charge in [0.25, 0.3) is 0 Å². The molecular formula is C15H21NO2. The summed E-state index contributed by atoms with van der Waals surface area (Å²) in [6.07, 6.45) is 3.44. The summed E-state index contributed by atoms with van der Waals surface area (Å²) in [5, 5.41) is 8.98. The Labute approximate surface area is 108 Å². The number of carboxylic acids is 1. The largest absolute Gasteiger partial charge is 0.478 e. The van der Waals surface area contributed by atoms with Gasteiger partial charge in [-0.3, -0.25) is 0 Å². The number of aromatic carboxylic acids is 1. The first-order chi connectivity index (χ1) is 8.61. The highest BCUT2D eigenvalue weighted by Crippen LogP contribution is 2.29. The average molecular weight is 247 g/mol. The predicted octanol–water partition coefficient (Wildman–Crippen LogP) is 3.18. The summed E-state index contributed by atoms with van der Waals surface area (Å²) in [6.45, 7) is 6.60. The van der Waals surface area contributed by atoms with E-state index in [4.69, 9.17) is 5.11 Å². The van der Waals surface area contributed by atoms with Crippen molar-refractivity contribution in [1.82, 2.24) is 0 Å². The van der Waals surface area contributed by atoms with E-state index in [1.807, 2.05) is 12.1 Å². The number of carboxylic acid groups (broad SMARTS) is 1. The minimum absolute atomic E-state index is 0.400. The van der Waals surface area contributed by atoms with Gasteiger partial charge < -0.3 is 10.0 Å². The second-order valence-corrected chi connectivity index (χ2v) is 5.24. The zero-order valence-corrected chi connectivity index (χ0v) is 11.1. The van der Waals surface area contributed by atoms with Gasteiger partial charge in [0.1, 0.15) is 0 Å². The van der Waals surface area contributed by atoms with Crippen molar-refractivity contribution in [3.05, 3.63) is 29.3 Å². The lowest BCUT2D eigenvalue weighted by atomic mass is 10.1. The Balaban J connectivity index is 2.11. The molecule has 0 amide bonds. The zero-order valence-electron chi connectivity index (χ0n) is 11.1. The van der Waals surface area contributed by atoms with Crippen LogP contribution in [0, 0.1) is 5.92 Å². The maximum absolute atomic E-state index is 10.9. The molecular weight excluding hydrogens is 226 g/mol. The Bertz CT molecular complexity index is 442. The van der Waals surface area contributed by atoms with Gasteiger partial charge in [-0.2, -0.15) is 0 Å². The Morgan fingerprint density at radius 2 is 2.28 bits per heavy atom. The Kier molecular flexibility index (Phi) is 3.90. The molecule has 18 heavy (non-hydrogen) atoms. The lowest BCUT2D eigenvalue weighted by Crippen LogP contribution is -2.26. The maximum atomic E-state index is 10.9. The SMILES string of the molecule is CCCC(C)CN1CCc2cc(C(=O)O)ccc21. The lowest BCUT2D eigenvalue weighted by molar-refractivity contribution is 0.0697. The molecule has 1 aliphatic heterocycles. The van der Waals surface area contributed by atoms with E-state index in [1.165, 1.54) is 24.1 Å². The average Bonchev–Trinajstić information content (AvgIpc) is 2.72. The fraction of sp³-hybridized carbons (Fsp3) is 0.533. The van der Waals surface area contributed by atoms with Crippen LogP contribution in [0.3, 0.4) is 0 Å². The van der Waals surface area contributed by atoms with Crippen molar-refractivity contribution in [2.45, 2.75) is 33.1 Å². The Hall–Kier alpha value is -1.51. The van der Waals surface area contributed by atoms with Gasteiger partial charge in [-0.1, -0.05) is 20.3 Å². The normalized spacial score (nSPS) is 15.6. The molecule has 98 valence electrons. The molecule has 0 aromatic heterocycles. The summed E-state index contributed by atoms with van der Waals surface area (Å²) < 4.78 is 0. The van der Waals surface area contributed by atoms with Crippen LogP contribution in [0.25, 0.3) is 0 Å². The van der Waals surface area contributed by atoms with Crippen molar-refractivity contribution in [2.75, 3.05) is 18.0 Å². The molecule has 1 atom stereocenters. The molecule has 0 spiro atoms. The Morgan fingerprint density at radius 1 is 1.50 bits per heavy atom. The number of anilines is 1. The van der Waals surface area contributed by atoms with Crippen molar-refractivity contribution in [1.29, 1.82) is 0 Å². The number of benzene rings is 1. The second-order valence-electron chi connectivity index (χ2n) is 5.24. The molecule has 2 rings (SSSR count). The van der Waals surface area contributed by atoms with Gasteiger partial charge in [0, 0.05) is 18.8 Å². The van der Waals surface area contributed by atoms with Gasteiger partial charge in [-0.25, -0.2) is 4.79 Å². The monoisotopic (exact) mass is 247 g/mol. The molecule has 1 aromatic carbocycles. The Morgan fingerprint density at radius 3 is 2.94 bits per heavy atom. The number of hydrogen-bond donors (Lipinski definition) is 1. The number of carbonyl (C=O) groups is 1. The molecule has 1 N–H and O–H groups in total. The third kappa shape index (κ3) is 2.66. The van der Waals surface area contributed by atoms with Gasteiger partial charge in [0.2, 0.25) is 0 Å². The first-order valence-electron chi connectivity index (χ1n) is 6.73. The number of hydrogen-bond acceptors (Lipinski definition) is 2. The van der Waals surface area contributed by atoms with Crippen LogP contribution >= 0.6 is 0 Å². The molecule has 0 saturated carbocycles. The van der Waals surface area contributed by atoms with Crippen LogP contribution in [0.4, 0.5) is 5.69 Å². The summed E-state index contributed by atoms with van der Waals surface area (Å²) in [7, 11) is 0. The summed E-state index contributed by atoms with van der Waals surface area (Å²) in [6, 6.07) is 5.50. The fourth-order valence-corrected chi connectivity index (χ4v) is 2.75. The minimum atomic E-state index is -0.837. The standard InChI is InChI=1S/C15H21NO2/c1-3-4-11(2)10-16-8-7-12-9-13(15(17)18)5-6-14(12)16/h5-6,9,11H,3-4,7-8,10H2,1-2H3,(H,17,18). The predicted molar refractivity (Wildman–Crippen MR) is 73.4 cm³/mol. The van der Waals surface area contributed by atoms with Crippen molar-refractivity contribution in [2.24, 2.45) is 5.92 Å². The third-order valence-corrected chi connectivity index (χ3v) is 3.63. The molecule has 3 nitrogen and oxygen atoms in total. The van der Waals surface area contributed by atoms with Crippen molar-refractivity contribution < 1.29 is 9.90 Å². The van der Waals surface area contributed by atoms with E-state index in [2.05, 4.69) is 18.7 Å². The van der Waals surface area contributed by atoms with E-state index in [0.29, 0.717) is 11.5 Å². The van der Waals surface area contributed by atoms with Crippen LogP contribution in [-0.2, 0) is 6.42 Å². The molecule has 1 unspecified atom stereocenters. The van der Waals surface area contributed by atoms with E-state index < -0.39 is 5.97 Å². The second kappa shape index (κ2) is 5.42. The first kappa shape index (κ1) is 12.9. The van der Waals surface area contributed by atoms with Gasteiger partial charge in [0.05, 0.1) is 5.56 Å². The maximum Gasteiger partial charge on any atom is 0.335 e. The highest BCUT2D eigenvalue weighted by Gasteiger charge is 2.21. The highest BCUT2D eigenvalue weighted by molar-refractivity contribution is 5.88. The minimum Gasteiger partial charge on any atom is -0.478 e. The summed E-state index contributed by atoms with van der Waals surface area (Å²) in [5.74, 6) is -0.143. The molecule has 0 aliphatic carbocycles. The van der Waals surface area contributed by atoms with Crippen LogP contribution in [0.2, 0.25) is 0 Å². The highest BCUT2D eigenvalue weighted by atomic mass is 16.4. The molecule has 0 radical (unpaired) electrons. The van der Waals surface area contributed by atoms with E-state index in [1.54, 1.807) is 6.07 Å². The summed E-state index contributed by atoms with van der Waals surface area (Å²) in [4.78, 5) is 13.3. The van der Waals surface area contributed by atoms with E-state index in [9.17, 15) is 4.79 Å². The zero-order chi connectivity index (χ0) is 13.1.